The first-order valence-corrected chi connectivity index (χ1v) is 6.99. The van der Waals surface area contributed by atoms with E-state index in [1.165, 1.54) is 30.4 Å². The van der Waals surface area contributed by atoms with Gasteiger partial charge in [0.05, 0.1) is 0 Å². The maximum Gasteiger partial charge on any atom is 0.242 e. The average Bonchev–Trinajstić information content (AvgIpc) is 2.75. The summed E-state index contributed by atoms with van der Waals surface area (Å²) in [5.74, 6) is 0.146. The highest BCUT2D eigenvalue weighted by atomic mass is 16.2. The number of carbonyl (C=O) groups is 1. The van der Waals surface area contributed by atoms with E-state index in [1.807, 2.05) is 0 Å². The normalized spacial score (nSPS) is 23.1. The van der Waals surface area contributed by atoms with Crippen molar-refractivity contribution in [2.75, 3.05) is 11.9 Å². The van der Waals surface area contributed by atoms with Gasteiger partial charge in [-0.05, 0) is 61.8 Å². The molecule has 2 N–H and O–H groups in total. The number of carbonyl (C=O) groups excluding carboxylic acids is 1. The first-order chi connectivity index (χ1) is 8.83. The van der Waals surface area contributed by atoms with Crippen LogP contribution in [0.1, 0.15) is 36.8 Å². The third-order valence-electron chi connectivity index (χ3n) is 3.97. The van der Waals surface area contributed by atoms with Gasteiger partial charge in [-0.1, -0.05) is 6.07 Å². The number of benzene rings is 1. The van der Waals surface area contributed by atoms with Crippen molar-refractivity contribution < 1.29 is 4.79 Å². The van der Waals surface area contributed by atoms with Crippen LogP contribution in [0, 0.1) is 0 Å². The molecule has 1 atom stereocenters. The number of hydrogen-bond donors (Lipinski definition) is 2. The third-order valence-corrected chi connectivity index (χ3v) is 3.97. The molecule has 0 saturated carbocycles. The van der Waals surface area contributed by atoms with E-state index in [4.69, 9.17) is 0 Å². The average molecular weight is 244 g/mol. The maximum atomic E-state index is 11.9. The van der Waals surface area contributed by atoms with E-state index >= 15 is 0 Å². The second-order valence-corrected chi connectivity index (χ2v) is 5.32. The lowest BCUT2D eigenvalue weighted by Crippen LogP contribution is -2.37. The molecule has 0 aromatic heterocycles. The smallest absolute Gasteiger partial charge is 0.242 e. The second-order valence-electron chi connectivity index (χ2n) is 5.32. The van der Waals surface area contributed by atoms with E-state index in [-0.39, 0.29) is 11.9 Å². The Morgan fingerprint density at radius 1 is 1.11 bits per heavy atom. The molecule has 1 unspecified atom stereocenters. The summed E-state index contributed by atoms with van der Waals surface area (Å²) in [6.45, 7) is 0.821. The molecule has 3 nitrogen and oxygen atoms in total. The number of amides is 1. The highest BCUT2D eigenvalue weighted by molar-refractivity contribution is 5.84. The molecule has 1 aliphatic carbocycles. The molecular weight excluding hydrogens is 224 g/mol. The van der Waals surface area contributed by atoms with Crippen LogP contribution in [0.25, 0.3) is 0 Å². The number of rotatable bonds is 2. The van der Waals surface area contributed by atoms with E-state index in [2.05, 4.69) is 28.8 Å². The van der Waals surface area contributed by atoms with Crippen LogP contribution in [0.3, 0.4) is 0 Å². The predicted octanol–water partition coefficient (Wildman–Crippen LogP) is 2.26. The van der Waals surface area contributed by atoms with E-state index in [1.54, 1.807) is 0 Å². The summed E-state index contributed by atoms with van der Waals surface area (Å²) in [7, 11) is 0. The van der Waals surface area contributed by atoms with Crippen molar-refractivity contribution >= 4 is 11.6 Å². The SMILES string of the molecule is O=C1NCCCCC1Nc1ccc2c(c1)CCC2. The minimum Gasteiger partial charge on any atom is -0.374 e. The zero-order chi connectivity index (χ0) is 12.4. The molecule has 0 bridgehead atoms. The summed E-state index contributed by atoms with van der Waals surface area (Å²) < 4.78 is 0. The molecule has 96 valence electrons. The quantitative estimate of drug-likeness (QED) is 0.838. The molecule has 18 heavy (non-hydrogen) atoms. The molecule has 0 spiro atoms. The Morgan fingerprint density at radius 3 is 2.94 bits per heavy atom. The van der Waals surface area contributed by atoms with Crippen molar-refractivity contribution in [3.05, 3.63) is 29.3 Å². The van der Waals surface area contributed by atoms with Gasteiger partial charge in [-0.25, -0.2) is 0 Å². The molecule has 1 heterocycles. The first kappa shape index (κ1) is 11.6. The number of nitrogens with one attached hydrogen (secondary N) is 2. The van der Waals surface area contributed by atoms with Gasteiger partial charge in [-0.2, -0.15) is 0 Å². The van der Waals surface area contributed by atoms with Gasteiger partial charge >= 0.3 is 0 Å². The summed E-state index contributed by atoms with van der Waals surface area (Å²) in [6, 6.07) is 6.48. The monoisotopic (exact) mass is 244 g/mol. The van der Waals surface area contributed by atoms with Crippen LogP contribution in [-0.2, 0) is 17.6 Å². The van der Waals surface area contributed by atoms with E-state index < -0.39 is 0 Å². The summed E-state index contributed by atoms with van der Waals surface area (Å²) in [5.41, 5.74) is 4.03. The predicted molar refractivity (Wildman–Crippen MR) is 72.7 cm³/mol. The lowest BCUT2D eigenvalue weighted by Gasteiger charge is -2.17. The van der Waals surface area contributed by atoms with E-state index in [0.717, 1.165) is 31.5 Å². The number of aryl methyl sites for hydroxylation is 2. The van der Waals surface area contributed by atoms with Crippen LogP contribution in [-0.4, -0.2) is 18.5 Å². The Kier molecular flexibility index (Phi) is 3.22. The molecule has 1 amide bonds. The maximum absolute atomic E-state index is 11.9. The van der Waals surface area contributed by atoms with Crippen molar-refractivity contribution in [2.24, 2.45) is 0 Å². The highest BCUT2D eigenvalue weighted by Gasteiger charge is 2.20. The van der Waals surface area contributed by atoms with E-state index in [9.17, 15) is 4.79 Å². The first-order valence-electron chi connectivity index (χ1n) is 6.99. The highest BCUT2D eigenvalue weighted by Crippen LogP contribution is 2.25. The Labute approximate surface area is 108 Å². The van der Waals surface area contributed by atoms with Crippen LogP contribution in [0.15, 0.2) is 18.2 Å². The van der Waals surface area contributed by atoms with Gasteiger partial charge in [-0.3, -0.25) is 4.79 Å². The third kappa shape index (κ3) is 2.35. The van der Waals surface area contributed by atoms with Gasteiger partial charge in [0.25, 0.3) is 0 Å². The largest absolute Gasteiger partial charge is 0.374 e. The van der Waals surface area contributed by atoms with Crippen molar-refractivity contribution in [1.29, 1.82) is 0 Å². The lowest BCUT2D eigenvalue weighted by atomic mass is 10.1. The Balaban J connectivity index is 1.73. The molecule has 1 aromatic rings. The van der Waals surface area contributed by atoms with Gasteiger partial charge in [0.2, 0.25) is 5.91 Å². The van der Waals surface area contributed by atoms with Gasteiger partial charge in [0, 0.05) is 12.2 Å². The minimum atomic E-state index is -0.0630. The van der Waals surface area contributed by atoms with Crippen molar-refractivity contribution in [3.8, 4) is 0 Å². The standard InChI is InChI=1S/C15H20N2O/c18-15-14(6-1-2-9-16-15)17-13-8-7-11-4-3-5-12(11)10-13/h7-8,10,14,17H,1-6,9H2,(H,16,18). The minimum absolute atomic E-state index is 0.0630. The molecule has 0 radical (unpaired) electrons. The summed E-state index contributed by atoms with van der Waals surface area (Å²) in [4.78, 5) is 11.9. The lowest BCUT2D eigenvalue weighted by molar-refractivity contribution is -0.121. The molecule has 3 heteroatoms. The topological polar surface area (TPSA) is 41.1 Å². The number of fused-ring (bicyclic) bond motifs is 1. The van der Waals surface area contributed by atoms with Crippen LogP contribution < -0.4 is 10.6 Å². The Bertz CT molecular complexity index is 456. The van der Waals surface area contributed by atoms with Crippen LogP contribution in [0.4, 0.5) is 5.69 Å². The van der Waals surface area contributed by atoms with Gasteiger partial charge < -0.3 is 10.6 Å². The van der Waals surface area contributed by atoms with Gasteiger partial charge in [0.1, 0.15) is 6.04 Å². The van der Waals surface area contributed by atoms with Crippen molar-refractivity contribution in [2.45, 2.75) is 44.6 Å². The molecule has 1 aliphatic heterocycles. The fourth-order valence-electron chi connectivity index (χ4n) is 2.94. The zero-order valence-corrected chi connectivity index (χ0v) is 10.7. The zero-order valence-electron chi connectivity index (χ0n) is 10.7. The van der Waals surface area contributed by atoms with Crippen molar-refractivity contribution in [1.82, 2.24) is 5.32 Å². The molecule has 1 aromatic carbocycles. The molecule has 1 saturated heterocycles. The van der Waals surface area contributed by atoms with Gasteiger partial charge in [0.15, 0.2) is 0 Å². The molecule has 1 fully saturated rings. The molecular formula is C15H20N2O. The van der Waals surface area contributed by atoms with Crippen LogP contribution in [0.2, 0.25) is 0 Å². The molecule has 2 aliphatic rings. The summed E-state index contributed by atoms with van der Waals surface area (Å²) >= 11 is 0. The Hall–Kier alpha value is -1.51. The van der Waals surface area contributed by atoms with Crippen molar-refractivity contribution in [3.63, 3.8) is 0 Å². The summed E-state index contributed by atoms with van der Waals surface area (Å²) in [5, 5.41) is 6.35. The fraction of sp³-hybridized carbons (Fsp3) is 0.533. The van der Waals surface area contributed by atoms with Crippen LogP contribution in [0.5, 0.6) is 0 Å². The fourth-order valence-corrected chi connectivity index (χ4v) is 2.94. The van der Waals surface area contributed by atoms with Gasteiger partial charge in [-0.15, -0.1) is 0 Å². The molecule has 3 rings (SSSR count). The van der Waals surface area contributed by atoms with Crippen LogP contribution >= 0.6 is 0 Å². The number of anilines is 1. The number of hydrogen-bond acceptors (Lipinski definition) is 2. The second kappa shape index (κ2) is 5.01. The summed E-state index contributed by atoms with van der Waals surface area (Å²) in [6.07, 6.45) is 6.79. The Morgan fingerprint density at radius 2 is 2.00 bits per heavy atom. The van der Waals surface area contributed by atoms with E-state index in [0.29, 0.717) is 0 Å².